The second-order valence-corrected chi connectivity index (χ2v) is 4.82. The highest BCUT2D eigenvalue weighted by Crippen LogP contribution is 2.27. The molecule has 118 valence electrons. The third-order valence-corrected chi connectivity index (χ3v) is 3.16. The molecule has 1 aromatic carbocycles. The first-order valence-electron chi connectivity index (χ1n) is 7.27. The van der Waals surface area contributed by atoms with Gasteiger partial charge in [0.05, 0.1) is 12.2 Å². The summed E-state index contributed by atoms with van der Waals surface area (Å²) in [7, 11) is 1.67. The molecule has 0 atom stereocenters. The maximum absolute atomic E-state index is 12.2. The minimum Gasteiger partial charge on any atom is -0.493 e. The van der Waals surface area contributed by atoms with Gasteiger partial charge in [-0.2, -0.15) is 4.98 Å². The van der Waals surface area contributed by atoms with Gasteiger partial charge in [-0.15, -0.1) is 10.2 Å². The smallest absolute Gasteiger partial charge is 0.281 e. The van der Waals surface area contributed by atoms with E-state index >= 15 is 0 Å². The van der Waals surface area contributed by atoms with Crippen molar-refractivity contribution in [1.82, 2.24) is 25.1 Å². The van der Waals surface area contributed by atoms with Crippen LogP contribution in [-0.4, -0.2) is 38.8 Å². The second kappa shape index (κ2) is 6.39. The molecule has 0 spiro atoms. The van der Waals surface area contributed by atoms with Crippen molar-refractivity contribution < 1.29 is 4.74 Å². The van der Waals surface area contributed by atoms with Crippen molar-refractivity contribution in [3.63, 3.8) is 0 Å². The van der Waals surface area contributed by atoms with Crippen LogP contribution in [0, 0.1) is 0 Å². The van der Waals surface area contributed by atoms with E-state index in [1.165, 1.54) is 0 Å². The molecular formula is C15H16N6O2. The third kappa shape index (κ3) is 2.96. The first-order chi connectivity index (χ1) is 11.2. The van der Waals surface area contributed by atoms with Crippen LogP contribution in [0.15, 0.2) is 29.1 Å². The van der Waals surface area contributed by atoms with E-state index in [0.29, 0.717) is 29.7 Å². The van der Waals surface area contributed by atoms with Crippen molar-refractivity contribution >= 4 is 17.1 Å². The molecule has 3 aromatic rings. The SMILES string of the molecule is CCCOc1ccccc1-c1nc2nc(NC)nnc2c(=O)[nH]1. The van der Waals surface area contributed by atoms with Crippen LogP contribution in [0.5, 0.6) is 5.75 Å². The lowest BCUT2D eigenvalue weighted by Crippen LogP contribution is -2.14. The molecule has 2 heterocycles. The van der Waals surface area contributed by atoms with Gasteiger partial charge < -0.3 is 15.0 Å². The number of benzene rings is 1. The zero-order valence-electron chi connectivity index (χ0n) is 12.8. The topological polar surface area (TPSA) is 106 Å². The summed E-state index contributed by atoms with van der Waals surface area (Å²) in [5.74, 6) is 1.35. The minimum atomic E-state index is -0.391. The van der Waals surface area contributed by atoms with E-state index in [2.05, 4.69) is 30.5 Å². The maximum Gasteiger partial charge on any atom is 0.281 e. The molecule has 0 saturated carbocycles. The van der Waals surface area contributed by atoms with Crippen LogP contribution in [0.2, 0.25) is 0 Å². The quantitative estimate of drug-likeness (QED) is 0.737. The number of aromatic amines is 1. The Morgan fingerprint density at radius 2 is 2.04 bits per heavy atom. The Morgan fingerprint density at radius 1 is 1.22 bits per heavy atom. The number of H-pyrrole nitrogens is 1. The lowest BCUT2D eigenvalue weighted by Gasteiger charge is -2.10. The fourth-order valence-corrected chi connectivity index (χ4v) is 2.08. The van der Waals surface area contributed by atoms with E-state index in [9.17, 15) is 4.79 Å². The maximum atomic E-state index is 12.2. The number of para-hydroxylation sites is 1. The normalized spacial score (nSPS) is 10.7. The van der Waals surface area contributed by atoms with Crippen LogP contribution in [0.25, 0.3) is 22.6 Å². The largest absolute Gasteiger partial charge is 0.493 e. The number of hydrogen-bond acceptors (Lipinski definition) is 7. The van der Waals surface area contributed by atoms with E-state index in [-0.39, 0.29) is 11.2 Å². The number of anilines is 1. The molecule has 0 radical (unpaired) electrons. The van der Waals surface area contributed by atoms with Gasteiger partial charge in [0.25, 0.3) is 5.56 Å². The Balaban J connectivity index is 2.15. The first-order valence-corrected chi connectivity index (χ1v) is 7.27. The number of nitrogens with zero attached hydrogens (tertiary/aromatic N) is 4. The summed E-state index contributed by atoms with van der Waals surface area (Å²) in [5, 5.41) is 10.4. The van der Waals surface area contributed by atoms with E-state index in [4.69, 9.17) is 4.74 Å². The molecule has 0 bridgehead atoms. The number of fused-ring (bicyclic) bond motifs is 1. The van der Waals surface area contributed by atoms with E-state index in [1.54, 1.807) is 7.05 Å². The van der Waals surface area contributed by atoms with Gasteiger partial charge in [-0.1, -0.05) is 19.1 Å². The number of hydrogen-bond donors (Lipinski definition) is 2. The van der Waals surface area contributed by atoms with E-state index < -0.39 is 5.56 Å². The van der Waals surface area contributed by atoms with Gasteiger partial charge in [-0.25, -0.2) is 4.98 Å². The van der Waals surface area contributed by atoms with Crippen molar-refractivity contribution in [2.45, 2.75) is 13.3 Å². The van der Waals surface area contributed by atoms with Crippen molar-refractivity contribution in [2.24, 2.45) is 0 Å². The Bertz CT molecular complexity index is 893. The van der Waals surface area contributed by atoms with E-state index in [0.717, 1.165) is 6.42 Å². The first kappa shape index (κ1) is 14.9. The molecule has 0 fully saturated rings. The van der Waals surface area contributed by atoms with Crippen molar-refractivity contribution in [3.05, 3.63) is 34.6 Å². The monoisotopic (exact) mass is 312 g/mol. The van der Waals surface area contributed by atoms with Crippen molar-refractivity contribution in [1.29, 1.82) is 0 Å². The molecule has 8 heteroatoms. The van der Waals surface area contributed by atoms with Gasteiger partial charge in [0, 0.05) is 7.05 Å². The van der Waals surface area contributed by atoms with Gasteiger partial charge in [-0.05, 0) is 18.6 Å². The molecule has 0 amide bonds. The predicted molar refractivity (Wildman–Crippen MR) is 86.5 cm³/mol. The van der Waals surface area contributed by atoms with Crippen LogP contribution in [-0.2, 0) is 0 Å². The van der Waals surface area contributed by atoms with E-state index in [1.807, 2.05) is 31.2 Å². The summed E-state index contributed by atoms with van der Waals surface area (Å²) in [6, 6.07) is 7.40. The Labute approximate surface area is 132 Å². The average Bonchev–Trinajstić information content (AvgIpc) is 2.59. The molecule has 0 unspecified atom stereocenters. The van der Waals surface area contributed by atoms with Crippen molar-refractivity contribution in [2.75, 3.05) is 19.0 Å². The highest BCUT2D eigenvalue weighted by molar-refractivity contribution is 5.73. The number of ether oxygens (including phenoxy) is 1. The number of aromatic nitrogens is 5. The van der Waals surface area contributed by atoms with Gasteiger partial charge in [0.15, 0.2) is 11.2 Å². The Morgan fingerprint density at radius 3 is 2.83 bits per heavy atom. The standard InChI is InChI=1S/C15H16N6O2/c1-3-8-23-10-7-5-4-6-9(10)12-17-13-11(14(22)18-12)20-21-15(16-2)19-13/h4-7H,3,8H2,1-2H3,(H2,16,17,18,19,21,22). The minimum absolute atomic E-state index is 0.0970. The highest BCUT2D eigenvalue weighted by Gasteiger charge is 2.13. The zero-order chi connectivity index (χ0) is 16.2. The third-order valence-electron chi connectivity index (χ3n) is 3.16. The van der Waals surface area contributed by atoms with Gasteiger partial charge in [0.2, 0.25) is 5.95 Å². The number of nitrogens with one attached hydrogen (secondary N) is 2. The van der Waals surface area contributed by atoms with Crippen LogP contribution in [0.1, 0.15) is 13.3 Å². The molecule has 3 rings (SSSR count). The average molecular weight is 312 g/mol. The van der Waals surface area contributed by atoms with Crippen LogP contribution in [0.3, 0.4) is 0 Å². The molecule has 0 aliphatic carbocycles. The molecule has 0 aliphatic rings. The lowest BCUT2D eigenvalue weighted by atomic mass is 10.2. The fraction of sp³-hybridized carbons (Fsp3) is 0.267. The molecule has 23 heavy (non-hydrogen) atoms. The summed E-state index contributed by atoms with van der Waals surface area (Å²) >= 11 is 0. The summed E-state index contributed by atoms with van der Waals surface area (Å²) in [6.45, 7) is 2.61. The second-order valence-electron chi connectivity index (χ2n) is 4.82. The van der Waals surface area contributed by atoms with Crippen LogP contribution < -0.4 is 15.6 Å². The molecule has 0 saturated heterocycles. The van der Waals surface area contributed by atoms with Crippen LogP contribution in [0.4, 0.5) is 5.95 Å². The molecule has 2 N–H and O–H groups in total. The fourth-order valence-electron chi connectivity index (χ4n) is 2.08. The molecule has 0 aliphatic heterocycles. The Hall–Kier alpha value is -3.03. The van der Waals surface area contributed by atoms with Gasteiger partial charge >= 0.3 is 0 Å². The summed E-state index contributed by atoms with van der Waals surface area (Å²) in [5.41, 5.74) is 0.635. The summed E-state index contributed by atoms with van der Waals surface area (Å²) in [4.78, 5) is 23.5. The zero-order valence-corrected chi connectivity index (χ0v) is 12.8. The van der Waals surface area contributed by atoms with Gasteiger partial charge in [0.1, 0.15) is 11.6 Å². The lowest BCUT2D eigenvalue weighted by molar-refractivity contribution is 0.318. The molecule has 8 nitrogen and oxygen atoms in total. The van der Waals surface area contributed by atoms with Crippen LogP contribution >= 0.6 is 0 Å². The summed E-state index contributed by atoms with van der Waals surface area (Å²) < 4.78 is 5.71. The number of rotatable bonds is 5. The highest BCUT2D eigenvalue weighted by atomic mass is 16.5. The van der Waals surface area contributed by atoms with Gasteiger partial charge in [-0.3, -0.25) is 4.79 Å². The predicted octanol–water partition coefficient (Wildman–Crippen LogP) is 1.61. The Kier molecular flexibility index (Phi) is 4.13. The van der Waals surface area contributed by atoms with Crippen molar-refractivity contribution in [3.8, 4) is 17.1 Å². The summed E-state index contributed by atoms with van der Waals surface area (Å²) in [6.07, 6.45) is 0.888. The molecule has 2 aromatic heterocycles. The molecular weight excluding hydrogens is 296 g/mol.